The first-order valence-corrected chi connectivity index (χ1v) is 8.42. The third-order valence-electron chi connectivity index (χ3n) is 3.01. The zero-order valence-electron chi connectivity index (χ0n) is 11.6. The van der Waals surface area contributed by atoms with Crippen molar-refractivity contribution in [3.63, 3.8) is 0 Å². The molecular formula is C15H24ClNS. The molecule has 1 nitrogen and oxygen atoms in total. The fourth-order valence-electron chi connectivity index (χ4n) is 2.06. The van der Waals surface area contributed by atoms with E-state index in [4.69, 9.17) is 11.6 Å². The lowest BCUT2D eigenvalue weighted by molar-refractivity contribution is 0.452. The van der Waals surface area contributed by atoms with E-state index in [-0.39, 0.29) is 0 Å². The fourth-order valence-corrected chi connectivity index (χ4v) is 2.87. The molecular weight excluding hydrogens is 262 g/mol. The van der Waals surface area contributed by atoms with Crippen LogP contribution in [0.25, 0.3) is 0 Å². The van der Waals surface area contributed by atoms with E-state index in [1.807, 2.05) is 23.9 Å². The molecule has 2 unspecified atom stereocenters. The summed E-state index contributed by atoms with van der Waals surface area (Å²) in [6.07, 6.45) is 4.53. The molecule has 0 bridgehead atoms. The molecule has 102 valence electrons. The van der Waals surface area contributed by atoms with Gasteiger partial charge in [-0.1, -0.05) is 44.0 Å². The van der Waals surface area contributed by atoms with Crippen molar-refractivity contribution in [1.29, 1.82) is 0 Å². The Hall–Kier alpha value is -0.180. The third-order valence-corrected chi connectivity index (χ3v) is 4.17. The molecule has 1 aromatic carbocycles. The summed E-state index contributed by atoms with van der Waals surface area (Å²) in [5, 5.41) is 4.49. The summed E-state index contributed by atoms with van der Waals surface area (Å²) in [6.45, 7) is 5.61. The van der Waals surface area contributed by atoms with E-state index in [1.54, 1.807) is 0 Å². The second-order valence-electron chi connectivity index (χ2n) is 4.86. The standard InChI is InChI=1S/C15H24ClNS/c1-4-5-15(17-10-12(2)11-18-3)13-6-8-14(16)9-7-13/h6-9,12,15,17H,4-5,10-11H2,1-3H3. The zero-order valence-corrected chi connectivity index (χ0v) is 13.2. The lowest BCUT2D eigenvalue weighted by Crippen LogP contribution is -2.27. The molecule has 0 saturated heterocycles. The highest BCUT2D eigenvalue weighted by Crippen LogP contribution is 2.21. The summed E-state index contributed by atoms with van der Waals surface area (Å²) in [7, 11) is 0. The van der Waals surface area contributed by atoms with Gasteiger partial charge in [0.05, 0.1) is 0 Å². The number of hydrogen-bond acceptors (Lipinski definition) is 2. The molecule has 0 aliphatic heterocycles. The Morgan fingerprint density at radius 2 is 1.94 bits per heavy atom. The maximum atomic E-state index is 5.94. The van der Waals surface area contributed by atoms with Gasteiger partial charge in [0.2, 0.25) is 0 Å². The summed E-state index contributed by atoms with van der Waals surface area (Å²) >= 11 is 7.85. The van der Waals surface area contributed by atoms with Crippen molar-refractivity contribution in [1.82, 2.24) is 5.32 Å². The van der Waals surface area contributed by atoms with E-state index in [9.17, 15) is 0 Å². The highest BCUT2D eigenvalue weighted by atomic mass is 35.5. The summed E-state index contributed by atoms with van der Waals surface area (Å²) in [5.41, 5.74) is 1.35. The quantitative estimate of drug-likeness (QED) is 0.738. The number of rotatable bonds is 8. The van der Waals surface area contributed by atoms with Gasteiger partial charge < -0.3 is 5.32 Å². The maximum absolute atomic E-state index is 5.94. The summed E-state index contributed by atoms with van der Waals surface area (Å²) in [5.74, 6) is 1.93. The van der Waals surface area contributed by atoms with E-state index >= 15 is 0 Å². The minimum absolute atomic E-state index is 0.455. The Morgan fingerprint density at radius 3 is 2.50 bits per heavy atom. The highest BCUT2D eigenvalue weighted by Gasteiger charge is 2.11. The van der Waals surface area contributed by atoms with Crippen molar-refractivity contribution >= 4 is 23.4 Å². The first-order valence-electron chi connectivity index (χ1n) is 6.65. The molecule has 1 rings (SSSR count). The Balaban J connectivity index is 2.56. The van der Waals surface area contributed by atoms with Gasteiger partial charge in [-0.3, -0.25) is 0 Å². The Morgan fingerprint density at radius 1 is 1.28 bits per heavy atom. The van der Waals surface area contributed by atoms with Gasteiger partial charge in [0, 0.05) is 11.1 Å². The van der Waals surface area contributed by atoms with E-state index in [2.05, 4.69) is 37.6 Å². The van der Waals surface area contributed by atoms with Crippen molar-refractivity contribution in [2.45, 2.75) is 32.7 Å². The summed E-state index contributed by atoms with van der Waals surface area (Å²) in [6, 6.07) is 8.68. The second-order valence-corrected chi connectivity index (χ2v) is 6.21. The molecule has 2 atom stereocenters. The first-order chi connectivity index (χ1) is 8.67. The van der Waals surface area contributed by atoms with Gasteiger partial charge >= 0.3 is 0 Å². The van der Waals surface area contributed by atoms with Crippen molar-refractivity contribution in [3.8, 4) is 0 Å². The van der Waals surface area contributed by atoms with E-state index in [1.165, 1.54) is 24.2 Å². The average Bonchev–Trinajstić information content (AvgIpc) is 2.36. The molecule has 0 aromatic heterocycles. The minimum atomic E-state index is 0.455. The van der Waals surface area contributed by atoms with Crippen LogP contribution in [0.1, 0.15) is 38.3 Å². The molecule has 1 N–H and O–H groups in total. The van der Waals surface area contributed by atoms with Crippen molar-refractivity contribution in [2.24, 2.45) is 5.92 Å². The first kappa shape index (κ1) is 15.9. The monoisotopic (exact) mass is 285 g/mol. The van der Waals surface area contributed by atoms with Gasteiger partial charge in [-0.15, -0.1) is 0 Å². The van der Waals surface area contributed by atoms with Crippen molar-refractivity contribution in [3.05, 3.63) is 34.9 Å². The molecule has 0 heterocycles. The number of nitrogens with one attached hydrogen (secondary N) is 1. The summed E-state index contributed by atoms with van der Waals surface area (Å²) in [4.78, 5) is 0. The third kappa shape index (κ3) is 5.64. The lowest BCUT2D eigenvalue weighted by atomic mass is 10.0. The van der Waals surface area contributed by atoms with Gasteiger partial charge in [0.25, 0.3) is 0 Å². The van der Waals surface area contributed by atoms with E-state index < -0.39 is 0 Å². The second kappa shape index (κ2) is 8.84. The summed E-state index contributed by atoms with van der Waals surface area (Å²) < 4.78 is 0. The molecule has 18 heavy (non-hydrogen) atoms. The lowest BCUT2D eigenvalue weighted by Gasteiger charge is -2.21. The van der Waals surface area contributed by atoms with Gasteiger partial charge in [-0.05, 0) is 48.6 Å². The Bertz CT molecular complexity index is 326. The largest absolute Gasteiger partial charge is 0.310 e. The molecule has 0 saturated carbocycles. The van der Waals surface area contributed by atoms with Gasteiger partial charge in [-0.25, -0.2) is 0 Å². The predicted octanol–water partition coefficient (Wildman–Crippen LogP) is 4.77. The van der Waals surface area contributed by atoms with E-state index in [0.29, 0.717) is 12.0 Å². The molecule has 0 aliphatic rings. The van der Waals surface area contributed by atoms with Crippen LogP contribution >= 0.6 is 23.4 Å². The van der Waals surface area contributed by atoms with Crippen molar-refractivity contribution in [2.75, 3.05) is 18.6 Å². The number of thioether (sulfide) groups is 1. The van der Waals surface area contributed by atoms with Crippen LogP contribution in [-0.2, 0) is 0 Å². The zero-order chi connectivity index (χ0) is 13.4. The number of benzene rings is 1. The smallest absolute Gasteiger partial charge is 0.0406 e. The number of hydrogen-bond donors (Lipinski definition) is 1. The minimum Gasteiger partial charge on any atom is -0.310 e. The average molecular weight is 286 g/mol. The van der Waals surface area contributed by atoms with Crippen LogP contribution in [0, 0.1) is 5.92 Å². The van der Waals surface area contributed by atoms with Crippen LogP contribution in [0.2, 0.25) is 5.02 Å². The Labute approximate surface area is 121 Å². The predicted molar refractivity (Wildman–Crippen MR) is 84.6 cm³/mol. The van der Waals surface area contributed by atoms with Crippen LogP contribution in [0.3, 0.4) is 0 Å². The highest BCUT2D eigenvalue weighted by molar-refractivity contribution is 7.98. The SMILES string of the molecule is CCCC(NCC(C)CSC)c1ccc(Cl)cc1. The van der Waals surface area contributed by atoms with Crippen LogP contribution in [0.5, 0.6) is 0 Å². The van der Waals surface area contributed by atoms with Gasteiger partial charge in [-0.2, -0.15) is 11.8 Å². The molecule has 0 spiro atoms. The topological polar surface area (TPSA) is 12.0 Å². The maximum Gasteiger partial charge on any atom is 0.0406 e. The van der Waals surface area contributed by atoms with Gasteiger partial charge in [0.1, 0.15) is 0 Å². The molecule has 0 fully saturated rings. The van der Waals surface area contributed by atoms with Crippen LogP contribution < -0.4 is 5.32 Å². The van der Waals surface area contributed by atoms with Crippen molar-refractivity contribution < 1.29 is 0 Å². The van der Waals surface area contributed by atoms with Crippen LogP contribution in [-0.4, -0.2) is 18.6 Å². The molecule has 1 aromatic rings. The number of halogens is 1. The molecule has 0 amide bonds. The van der Waals surface area contributed by atoms with Crippen LogP contribution in [0.15, 0.2) is 24.3 Å². The Kier molecular flexibility index (Phi) is 7.80. The normalized spacial score (nSPS) is 14.4. The molecule has 0 aliphatic carbocycles. The molecule has 0 radical (unpaired) electrons. The molecule has 3 heteroatoms. The van der Waals surface area contributed by atoms with Crippen LogP contribution in [0.4, 0.5) is 0 Å². The van der Waals surface area contributed by atoms with E-state index in [0.717, 1.165) is 11.6 Å². The van der Waals surface area contributed by atoms with Gasteiger partial charge in [0.15, 0.2) is 0 Å². The fraction of sp³-hybridized carbons (Fsp3) is 0.600.